The highest BCUT2D eigenvalue weighted by molar-refractivity contribution is 4.97. The van der Waals surface area contributed by atoms with Crippen LogP contribution < -0.4 is 10.6 Å². The molecule has 0 saturated carbocycles. The summed E-state index contributed by atoms with van der Waals surface area (Å²) in [5, 5.41) is 7.07. The molecule has 2 saturated heterocycles. The molecule has 0 radical (unpaired) electrons. The highest BCUT2D eigenvalue weighted by atomic mass is 15.2. The summed E-state index contributed by atoms with van der Waals surface area (Å²) in [4.78, 5) is 2.70. The number of nitrogens with zero attached hydrogens (tertiary/aromatic N) is 1. The second-order valence-corrected chi connectivity index (χ2v) is 4.58. The lowest BCUT2D eigenvalue weighted by Gasteiger charge is -2.45. The highest BCUT2D eigenvalue weighted by Crippen LogP contribution is 2.26. The van der Waals surface area contributed by atoms with Gasteiger partial charge in [0.15, 0.2) is 0 Å². The van der Waals surface area contributed by atoms with Gasteiger partial charge in [0.2, 0.25) is 0 Å². The maximum atomic E-state index is 3.60. The molecule has 0 aromatic carbocycles. The van der Waals surface area contributed by atoms with Gasteiger partial charge in [-0.25, -0.2) is 0 Å². The molecule has 1 spiro atoms. The monoisotopic (exact) mass is 197 g/mol. The average Bonchev–Trinajstić information content (AvgIpc) is 2.42. The van der Waals surface area contributed by atoms with Crippen LogP contribution in [0.4, 0.5) is 0 Å². The molecule has 2 rings (SSSR count). The Hall–Kier alpha value is -0.120. The van der Waals surface area contributed by atoms with Crippen LogP contribution in [0.15, 0.2) is 0 Å². The molecule has 2 aliphatic heterocycles. The van der Waals surface area contributed by atoms with Crippen LogP contribution in [0.25, 0.3) is 0 Å². The number of likely N-dealkylation sites (N-methyl/N-ethyl adjacent to an activating group) is 1. The van der Waals surface area contributed by atoms with Crippen molar-refractivity contribution < 1.29 is 0 Å². The van der Waals surface area contributed by atoms with E-state index in [0.717, 1.165) is 0 Å². The quantitative estimate of drug-likeness (QED) is 0.638. The van der Waals surface area contributed by atoms with Crippen molar-refractivity contribution in [3.05, 3.63) is 0 Å². The first-order valence-corrected chi connectivity index (χ1v) is 6.04. The van der Waals surface area contributed by atoms with Gasteiger partial charge < -0.3 is 10.6 Å². The molecule has 0 bridgehead atoms. The Bertz CT molecular complexity index is 175. The Morgan fingerprint density at radius 1 is 1.14 bits per heavy atom. The summed E-state index contributed by atoms with van der Waals surface area (Å²) < 4.78 is 0. The van der Waals surface area contributed by atoms with E-state index in [9.17, 15) is 0 Å². The van der Waals surface area contributed by atoms with E-state index in [1.54, 1.807) is 0 Å². The maximum absolute atomic E-state index is 3.60. The third-order valence-electron chi connectivity index (χ3n) is 3.82. The predicted octanol–water partition coefficient (Wildman–Crippen LogP) is 0.424. The van der Waals surface area contributed by atoms with Crippen molar-refractivity contribution in [3.8, 4) is 0 Å². The lowest BCUT2D eigenvalue weighted by Crippen LogP contribution is -2.58. The zero-order valence-corrected chi connectivity index (χ0v) is 9.31. The van der Waals surface area contributed by atoms with E-state index in [4.69, 9.17) is 0 Å². The first-order valence-electron chi connectivity index (χ1n) is 6.04. The van der Waals surface area contributed by atoms with Crippen molar-refractivity contribution >= 4 is 0 Å². The molecular weight excluding hydrogens is 174 g/mol. The molecule has 2 aliphatic rings. The van der Waals surface area contributed by atoms with Gasteiger partial charge in [-0.3, -0.25) is 4.90 Å². The van der Waals surface area contributed by atoms with Gasteiger partial charge in [0.25, 0.3) is 0 Å². The van der Waals surface area contributed by atoms with E-state index in [-0.39, 0.29) is 0 Å². The third-order valence-corrected chi connectivity index (χ3v) is 3.82. The summed E-state index contributed by atoms with van der Waals surface area (Å²) in [5.74, 6) is 0. The summed E-state index contributed by atoms with van der Waals surface area (Å²) in [6.07, 6.45) is 3.94. The molecule has 14 heavy (non-hydrogen) atoms. The molecule has 3 nitrogen and oxygen atoms in total. The Balaban J connectivity index is 2.08. The summed E-state index contributed by atoms with van der Waals surface area (Å²) in [7, 11) is 0. The lowest BCUT2D eigenvalue weighted by molar-refractivity contribution is 0.0726. The van der Waals surface area contributed by atoms with Gasteiger partial charge in [0.1, 0.15) is 0 Å². The van der Waals surface area contributed by atoms with Crippen LogP contribution in [0.2, 0.25) is 0 Å². The van der Waals surface area contributed by atoms with Crippen molar-refractivity contribution in [1.29, 1.82) is 0 Å². The molecule has 0 atom stereocenters. The Morgan fingerprint density at radius 2 is 1.93 bits per heavy atom. The van der Waals surface area contributed by atoms with Crippen LogP contribution in [0, 0.1) is 0 Å². The highest BCUT2D eigenvalue weighted by Gasteiger charge is 2.37. The SMILES string of the molecule is CCN1CCCNCC12CCNCC2. The van der Waals surface area contributed by atoms with E-state index in [0.29, 0.717) is 5.54 Å². The fourth-order valence-electron chi connectivity index (χ4n) is 2.94. The van der Waals surface area contributed by atoms with Gasteiger partial charge in [-0.1, -0.05) is 6.92 Å². The van der Waals surface area contributed by atoms with Crippen molar-refractivity contribution in [2.75, 3.05) is 39.3 Å². The molecule has 0 aromatic heterocycles. The summed E-state index contributed by atoms with van der Waals surface area (Å²) in [6, 6.07) is 0. The van der Waals surface area contributed by atoms with E-state index in [1.165, 1.54) is 58.5 Å². The second kappa shape index (κ2) is 4.60. The fraction of sp³-hybridized carbons (Fsp3) is 1.00. The Kier molecular flexibility index (Phi) is 3.42. The van der Waals surface area contributed by atoms with E-state index < -0.39 is 0 Å². The van der Waals surface area contributed by atoms with Gasteiger partial charge in [0, 0.05) is 12.1 Å². The van der Waals surface area contributed by atoms with Gasteiger partial charge in [-0.2, -0.15) is 0 Å². The first-order chi connectivity index (χ1) is 6.87. The average molecular weight is 197 g/mol. The van der Waals surface area contributed by atoms with E-state index >= 15 is 0 Å². The molecule has 0 amide bonds. The number of rotatable bonds is 1. The van der Waals surface area contributed by atoms with Gasteiger partial charge in [-0.05, 0) is 52.0 Å². The summed E-state index contributed by atoms with van der Waals surface area (Å²) in [5.41, 5.74) is 0.469. The number of piperidine rings is 1. The van der Waals surface area contributed by atoms with Crippen molar-refractivity contribution in [3.63, 3.8) is 0 Å². The van der Waals surface area contributed by atoms with Crippen LogP contribution in [0.3, 0.4) is 0 Å². The van der Waals surface area contributed by atoms with Crippen molar-refractivity contribution in [2.45, 2.75) is 31.7 Å². The number of hydrogen-bond acceptors (Lipinski definition) is 3. The second-order valence-electron chi connectivity index (χ2n) is 4.58. The maximum Gasteiger partial charge on any atom is 0.0357 e. The van der Waals surface area contributed by atoms with Gasteiger partial charge in [0.05, 0.1) is 0 Å². The minimum absolute atomic E-state index is 0.469. The Labute approximate surface area is 87.2 Å². The minimum Gasteiger partial charge on any atom is -0.317 e. The van der Waals surface area contributed by atoms with Crippen LogP contribution in [-0.2, 0) is 0 Å². The topological polar surface area (TPSA) is 27.3 Å². The molecule has 2 N–H and O–H groups in total. The minimum atomic E-state index is 0.469. The molecule has 0 aromatic rings. The number of hydrogen-bond donors (Lipinski definition) is 2. The van der Waals surface area contributed by atoms with Crippen molar-refractivity contribution in [2.24, 2.45) is 0 Å². The first kappa shape index (κ1) is 10.4. The van der Waals surface area contributed by atoms with Crippen LogP contribution in [-0.4, -0.2) is 49.7 Å². The lowest BCUT2D eigenvalue weighted by atomic mass is 9.86. The zero-order chi connectivity index (χ0) is 9.86. The smallest absolute Gasteiger partial charge is 0.0357 e. The van der Waals surface area contributed by atoms with Crippen LogP contribution >= 0.6 is 0 Å². The molecule has 0 aliphatic carbocycles. The fourth-order valence-corrected chi connectivity index (χ4v) is 2.94. The van der Waals surface area contributed by atoms with E-state index in [1.807, 2.05) is 0 Å². The predicted molar refractivity (Wildman–Crippen MR) is 59.6 cm³/mol. The van der Waals surface area contributed by atoms with Crippen LogP contribution in [0.1, 0.15) is 26.2 Å². The summed E-state index contributed by atoms with van der Waals surface area (Å²) >= 11 is 0. The van der Waals surface area contributed by atoms with Gasteiger partial charge >= 0.3 is 0 Å². The zero-order valence-electron chi connectivity index (χ0n) is 9.31. The third kappa shape index (κ3) is 1.95. The standard InChI is InChI=1S/C11H23N3/c1-2-14-9-3-6-13-10-11(14)4-7-12-8-5-11/h12-13H,2-10H2,1H3. The molecule has 2 fully saturated rings. The largest absolute Gasteiger partial charge is 0.317 e. The normalized spacial score (nSPS) is 28.9. The number of nitrogens with one attached hydrogen (secondary N) is 2. The van der Waals surface area contributed by atoms with Gasteiger partial charge in [-0.15, -0.1) is 0 Å². The molecule has 2 heterocycles. The molecule has 3 heteroatoms. The molecule has 0 unspecified atom stereocenters. The van der Waals surface area contributed by atoms with Crippen molar-refractivity contribution in [1.82, 2.24) is 15.5 Å². The molecule has 82 valence electrons. The van der Waals surface area contributed by atoms with E-state index in [2.05, 4.69) is 22.5 Å². The summed E-state index contributed by atoms with van der Waals surface area (Å²) in [6.45, 7) is 9.57. The Morgan fingerprint density at radius 3 is 2.64 bits per heavy atom. The molecular formula is C11H23N3. The van der Waals surface area contributed by atoms with Crippen LogP contribution in [0.5, 0.6) is 0 Å².